The third kappa shape index (κ3) is 2.62. The van der Waals surface area contributed by atoms with Crippen molar-refractivity contribution in [2.75, 3.05) is 6.61 Å². The van der Waals surface area contributed by atoms with Crippen molar-refractivity contribution in [1.82, 2.24) is 0 Å². The van der Waals surface area contributed by atoms with Crippen LogP contribution in [0.4, 0.5) is 0 Å². The largest absolute Gasteiger partial charge is 0.458 e. The number of ketones is 1. The number of aliphatic hydroxyl groups excluding tert-OH is 2. The van der Waals surface area contributed by atoms with Crippen LogP contribution in [-0.4, -0.2) is 51.5 Å². The van der Waals surface area contributed by atoms with Crippen molar-refractivity contribution < 1.29 is 29.6 Å². The standard InChI is InChI=1S/C14H14O6/c15-10-6-7-11(16)14(19,12(10)17)8-20-13(18)9-4-2-1-3-5-9/h1-7,10,12,15,17,19H,8H2/t10-,12+,14-/m1/s1. The molecule has 1 aliphatic carbocycles. The first kappa shape index (κ1) is 14.4. The lowest BCUT2D eigenvalue weighted by Crippen LogP contribution is -2.59. The minimum absolute atomic E-state index is 0.255. The van der Waals surface area contributed by atoms with Gasteiger partial charge in [0.2, 0.25) is 0 Å². The number of aliphatic hydroxyl groups is 3. The summed E-state index contributed by atoms with van der Waals surface area (Å²) < 4.78 is 4.84. The van der Waals surface area contributed by atoms with Crippen LogP contribution in [0.15, 0.2) is 42.5 Å². The smallest absolute Gasteiger partial charge is 0.338 e. The first-order chi connectivity index (χ1) is 9.45. The van der Waals surface area contributed by atoms with Gasteiger partial charge in [-0.05, 0) is 24.3 Å². The van der Waals surface area contributed by atoms with E-state index >= 15 is 0 Å². The molecule has 1 aliphatic rings. The van der Waals surface area contributed by atoms with Crippen LogP contribution in [0.2, 0.25) is 0 Å². The van der Waals surface area contributed by atoms with E-state index in [1.54, 1.807) is 18.2 Å². The van der Waals surface area contributed by atoms with Gasteiger partial charge >= 0.3 is 5.97 Å². The summed E-state index contributed by atoms with van der Waals surface area (Å²) in [5, 5.41) is 29.2. The average molecular weight is 278 g/mol. The highest BCUT2D eigenvalue weighted by molar-refractivity contribution is 5.99. The van der Waals surface area contributed by atoms with Crippen molar-refractivity contribution in [2.24, 2.45) is 0 Å². The zero-order chi connectivity index (χ0) is 14.8. The number of carbonyl (C=O) groups is 2. The second-order valence-corrected chi connectivity index (χ2v) is 4.53. The van der Waals surface area contributed by atoms with Crippen molar-refractivity contribution >= 4 is 11.8 Å². The summed E-state index contributed by atoms with van der Waals surface area (Å²) in [4.78, 5) is 23.3. The lowest BCUT2D eigenvalue weighted by molar-refractivity contribution is -0.165. The molecule has 0 aliphatic heterocycles. The van der Waals surface area contributed by atoms with Gasteiger partial charge in [-0.1, -0.05) is 18.2 Å². The summed E-state index contributed by atoms with van der Waals surface area (Å²) in [7, 11) is 0. The summed E-state index contributed by atoms with van der Waals surface area (Å²) in [5.41, 5.74) is -2.08. The maximum absolute atomic E-state index is 11.7. The second-order valence-electron chi connectivity index (χ2n) is 4.53. The molecule has 0 saturated heterocycles. The Morgan fingerprint density at radius 3 is 2.55 bits per heavy atom. The van der Waals surface area contributed by atoms with E-state index in [0.717, 1.165) is 12.2 Å². The van der Waals surface area contributed by atoms with E-state index in [1.807, 2.05) is 0 Å². The van der Waals surface area contributed by atoms with E-state index in [4.69, 9.17) is 4.74 Å². The molecule has 0 saturated carbocycles. The first-order valence-corrected chi connectivity index (χ1v) is 5.98. The van der Waals surface area contributed by atoms with E-state index < -0.39 is 36.2 Å². The topological polar surface area (TPSA) is 104 Å². The number of hydrogen-bond donors (Lipinski definition) is 3. The van der Waals surface area contributed by atoms with Crippen molar-refractivity contribution in [2.45, 2.75) is 17.8 Å². The molecule has 1 aromatic carbocycles. The Morgan fingerprint density at radius 2 is 1.90 bits per heavy atom. The third-order valence-corrected chi connectivity index (χ3v) is 3.12. The van der Waals surface area contributed by atoms with Gasteiger partial charge in [0, 0.05) is 0 Å². The quantitative estimate of drug-likeness (QED) is 0.640. The molecule has 0 bridgehead atoms. The molecule has 0 spiro atoms. The fourth-order valence-electron chi connectivity index (χ4n) is 1.85. The van der Waals surface area contributed by atoms with Crippen LogP contribution in [0.5, 0.6) is 0 Å². The van der Waals surface area contributed by atoms with E-state index in [2.05, 4.69) is 0 Å². The van der Waals surface area contributed by atoms with Crippen molar-refractivity contribution in [1.29, 1.82) is 0 Å². The van der Waals surface area contributed by atoms with E-state index in [-0.39, 0.29) is 5.56 Å². The summed E-state index contributed by atoms with van der Waals surface area (Å²) in [6.07, 6.45) is -1.12. The summed E-state index contributed by atoms with van der Waals surface area (Å²) in [6, 6.07) is 8.03. The molecule has 2 rings (SSSR count). The lowest BCUT2D eigenvalue weighted by atomic mass is 9.84. The van der Waals surface area contributed by atoms with Gasteiger partial charge in [0.05, 0.1) is 5.56 Å². The van der Waals surface area contributed by atoms with Crippen molar-refractivity contribution in [3.05, 3.63) is 48.0 Å². The lowest BCUT2D eigenvalue weighted by Gasteiger charge is -2.34. The maximum atomic E-state index is 11.7. The fourth-order valence-corrected chi connectivity index (χ4v) is 1.85. The molecule has 3 atom stereocenters. The van der Waals surface area contributed by atoms with E-state index in [1.165, 1.54) is 12.1 Å². The Hall–Kier alpha value is -2.02. The number of hydrogen-bond acceptors (Lipinski definition) is 6. The highest BCUT2D eigenvalue weighted by atomic mass is 16.5. The minimum atomic E-state index is -2.33. The summed E-state index contributed by atoms with van der Waals surface area (Å²) in [6.45, 7) is -0.734. The molecule has 0 radical (unpaired) electrons. The number of esters is 1. The van der Waals surface area contributed by atoms with Gasteiger partial charge in [0.1, 0.15) is 18.8 Å². The predicted octanol–water partition coefficient (Wildman–Crippen LogP) is -0.565. The molecule has 0 fully saturated rings. The van der Waals surface area contributed by atoms with E-state index in [0.29, 0.717) is 0 Å². The molecule has 20 heavy (non-hydrogen) atoms. The average Bonchev–Trinajstić information content (AvgIpc) is 2.48. The number of carbonyl (C=O) groups excluding carboxylic acids is 2. The van der Waals surface area contributed by atoms with Crippen molar-refractivity contribution in [3.8, 4) is 0 Å². The fraction of sp³-hybridized carbons (Fsp3) is 0.286. The summed E-state index contributed by atoms with van der Waals surface area (Å²) >= 11 is 0. The molecule has 0 unspecified atom stereocenters. The second kappa shape index (κ2) is 5.54. The van der Waals surface area contributed by atoms with Crippen LogP contribution in [-0.2, 0) is 9.53 Å². The predicted molar refractivity (Wildman–Crippen MR) is 67.8 cm³/mol. The van der Waals surface area contributed by atoms with Crippen LogP contribution in [0.1, 0.15) is 10.4 Å². The molecule has 6 heteroatoms. The molecule has 106 valence electrons. The SMILES string of the molecule is O=C(OC[C@@]1(O)C(=O)C=C[C@@H](O)[C@@H]1O)c1ccccc1. The van der Waals surface area contributed by atoms with Crippen LogP contribution in [0.3, 0.4) is 0 Å². The highest BCUT2D eigenvalue weighted by Gasteiger charge is 2.48. The Balaban J connectivity index is 2.08. The third-order valence-electron chi connectivity index (χ3n) is 3.12. The van der Waals surface area contributed by atoms with Gasteiger partial charge in [-0.2, -0.15) is 0 Å². The van der Waals surface area contributed by atoms with Gasteiger partial charge in [-0.3, -0.25) is 4.79 Å². The maximum Gasteiger partial charge on any atom is 0.338 e. The molecule has 3 N–H and O–H groups in total. The summed E-state index contributed by atoms with van der Waals surface area (Å²) in [5.74, 6) is -1.56. The zero-order valence-corrected chi connectivity index (χ0v) is 10.5. The molecular formula is C14H14O6. The minimum Gasteiger partial charge on any atom is -0.458 e. The van der Waals surface area contributed by atoms with Crippen LogP contribution in [0, 0.1) is 0 Å². The Bertz CT molecular complexity index is 538. The monoisotopic (exact) mass is 278 g/mol. The Morgan fingerprint density at radius 1 is 1.25 bits per heavy atom. The van der Waals surface area contributed by atoms with Gasteiger partial charge in [0.15, 0.2) is 11.4 Å². The van der Waals surface area contributed by atoms with Crippen LogP contribution >= 0.6 is 0 Å². The molecule has 0 heterocycles. The molecule has 6 nitrogen and oxygen atoms in total. The number of benzene rings is 1. The van der Waals surface area contributed by atoms with Gasteiger partial charge < -0.3 is 20.1 Å². The Kier molecular flexibility index (Phi) is 3.99. The van der Waals surface area contributed by atoms with Gasteiger partial charge in [0.25, 0.3) is 0 Å². The zero-order valence-electron chi connectivity index (χ0n) is 10.5. The number of ether oxygens (including phenoxy) is 1. The molecule has 0 amide bonds. The number of rotatable bonds is 3. The first-order valence-electron chi connectivity index (χ1n) is 5.98. The van der Waals surface area contributed by atoms with Gasteiger partial charge in [-0.25, -0.2) is 4.79 Å². The van der Waals surface area contributed by atoms with E-state index in [9.17, 15) is 24.9 Å². The molecular weight excluding hydrogens is 264 g/mol. The van der Waals surface area contributed by atoms with Crippen LogP contribution < -0.4 is 0 Å². The molecule has 1 aromatic rings. The molecule has 0 aromatic heterocycles. The van der Waals surface area contributed by atoms with Crippen LogP contribution in [0.25, 0.3) is 0 Å². The highest BCUT2D eigenvalue weighted by Crippen LogP contribution is 2.22. The normalized spacial score (nSPS) is 29.2. The Labute approximate surface area is 114 Å². The van der Waals surface area contributed by atoms with Gasteiger partial charge in [-0.15, -0.1) is 0 Å². The van der Waals surface area contributed by atoms with Crippen molar-refractivity contribution in [3.63, 3.8) is 0 Å².